The molecule has 4 nitrogen and oxygen atoms in total. The SMILES string of the molecule is c1ccc2c(c1)CC(NCCCCOc1cccc3cncnc13)C2. The molecule has 1 heterocycles. The van der Waals surface area contributed by atoms with Crippen molar-refractivity contribution in [2.75, 3.05) is 13.2 Å². The van der Waals surface area contributed by atoms with E-state index >= 15 is 0 Å². The molecule has 1 aliphatic carbocycles. The van der Waals surface area contributed by atoms with E-state index in [1.807, 2.05) is 24.4 Å². The summed E-state index contributed by atoms with van der Waals surface area (Å²) < 4.78 is 5.92. The Bertz CT molecular complexity index is 819. The molecular formula is C21H23N3O. The summed E-state index contributed by atoms with van der Waals surface area (Å²) in [6.45, 7) is 1.76. The van der Waals surface area contributed by atoms with Gasteiger partial charge in [0, 0.05) is 17.6 Å². The first kappa shape index (κ1) is 16.0. The molecule has 1 aliphatic rings. The zero-order valence-electron chi connectivity index (χ0n) is 14.3. The Morgan fingerprint density at radius 3 is 2.68 bits per heavy atom. The summed E-state index contributed by atoms with van der Waals surface area (Å²) >= 11 is 0. The molecule has 0 amide bonds. The van der Waals surface area contributed by atoms with Gasteiger partial charge in [0.25, 0.3) is 0 Å². The average Bonchev–Trinajstić information content (AvgIpc) is 3.07. The van der Waals surface area contributed by atoms with Crippen molar-refractivity contribution in [2.45, 2.75) is 31.7 Å². The van der Waals surface area contributed by atoms with Crippen LogP contribution in [0.4, 0.5) is 0 Å². The van der Waals surface area contributed by atoms with Crippen LogP contribution in [-0.4, -0.2) is 29.2 Å². The predicted molar refractivity (Wildman–Crippen MR) is 99.9 cm³/mol. The van der Waals surface area contributed by atoms with Crippen molar-refractivity contribution in [1.29, 1.82) is 0 Å². The zero-order chi connectivity index (χ0) is 16.9. The number of fused-ring (bicyclic) bond motifs is 2. The van der Waals surface area contributed by atoms with Gasteiger partial charge in [0.15, 0.2) is 0 Å². The van der Waals surface area contributed by atoms with Crippen molar-refractivity contribution in [1.82, 2.24) is 15.3 Å². The summed E-state index contributed by atoms with van der Waals surface area (Å²) in [5, 5.41) is 4.70. The first-order valence-corrected chi connectivity index (χ1v) is 9.02. The van der Waals surface area contributed by atoms with Crippen molar-refractivity contribution in [3.63, 3.8) is 0 Å². The lowest BCUT2D eigenvalue weighted by Gasteiger charge is -2.12. The van der Waals surface area contributed by atoms with Crippen molar-refractivity contribution >= 4 is 10.9 Å². The molecule has 0 saturated carbocycles. The Labute approximate surface area is 148 Å². The molecule has 1 aromatic heterocycles. The van der Waals surface area contributed by atoms with E-state index in [-0.39, 0.29) is 0 Å². The molecule has 0 radical (unpaired) electrons. The predicted octanol–water partition coefficient (Wildman–Crippen LogP) is 3.55. The van der Waals surface area contributed by atoms with Gasteiger partial charge < -0.3 is 10.1 Å². The van der Waals surface area contributed by atoms with Gasteiger partial charge in [0.1, 0.15) is 17.6 Å². The quantitative estimate of drug-likeness (QED) is 0.672. The fraction of sp³-hybridized carbons (Fsp3) is 0.333. The minimum Gasteiger partial charge on any atom is -0.491 e. The number of hydrogen-bond donors (Lipinski definition) is 1. The molecule has 128 valence electrons. The van der Waals surface area contributed by atoms with Gasteiger partial charge in [-0.1, -0.05) is 36.4 Å². The van der Waals surface area contributed by atoms with Gasteiger partial charge in [-0.05, 0) is 49.4 Å². The third-order valence-electron chi connectivity index (χ3n) is 4.81. The summed E-state index contributed by atoms with van der Waals surface area (Å²) in [5.74, 6) is 0.846. The lowest BCUT2D eigenvalue weighted by atomic mass is 10.1. The number of hydrogen-bond acceptors (Lipinski definition) is 4. The van der Waals surface area contributed by atoms with Crippen LogP contribution in [0.5, 0.6) is 5.75 Å². The van der Waals surface area contributed by atoms with Gasteiger partial charge in [0.2, 0.25) is 0 Å². The minimum atomic E-state index is 0.591. The van der Waals surface area contributed by atoms with E-state index in [0.717, 1.165) is 55.5 Å². The van der Waals surface area contributed by atoms with Crippen LogP contribution in [0.3, 0.4) is 0 Å². The smallest absolute Gasteiger partial charge is 0.145 e. The van der Waals surface area contributed by atoms with E-state index < -0.39 is 0 Å². The van der Waals surface area contributed by atoms with E-state index in [1.165, 1.54) is 11.1 Å². The molecule has 0 aliphatic heterocycles. The van der Waals surface area contributed by atoms with E-state index in [0.29, 0.717) is 6.04 Å². The molecule has 0 saturated heterocycles. The first-order valence-electron chi connectivity index (χ1n) is 9.02. The minimum absolute atomic E-state index is 0.591. The molecule has 4 rings (SSSR count). The van der Waals surface area contributed by atoms with Crippen LogP contribution < -0.4 is 10.1 Å². The number of nitrogens with zero attached hydrogens (tertiary/aromatic N) is 2. The molecule has 0 spiro atoms. The first-order chi connectivity index (χ1) is 12.4. The number of aromatic nitrogens is 2. The second kappa shape index (κ2) is 7.62. The van der Waals surface area contributed by atoms with E-state index in [4.69, 9.17) is 4.74 Å². The maximum Gasteiger partial charge on any atom is 0.145 e. The topological polar surface area (TPSA) is 47.0 Å². The average molecular weight is 333 g/mol. The van der Waals surface area contributed by atoms with Gasteiger partial charge in [-0.3, -0.25) is 0 Å². The number of rotatable bonds is 7. The Morgan fingerprint density at radius 2 is 1.84 bits per heavy atom. The van der Waals surface area contributed by atoms with Crippen LogP contribution in [-0.2, 0) is 12.8 Å². The second-order valence-electron chi connectivity index (χ2n) is 6.60. The van der Waals surface area contributed by atoms with Crippen LogP contribution in [0.2, 0.25) is 0 Å². The van der Waals surface area contributed by atoms with Crippen molar-refractivity contribution in [3.05, 3.63) is 66.1 Å². The summed E-state index contributed by atoms with van der Waals surface area (Å²) in [5.41, 5.74) is 3.89. The molecule has 2 aromatic carbocycles. The molecule has 3 aromatic rings. The Morgan fingerprint density at radius 1 is 1.00 bits per heavy atom. The number of para-hydroxylation sites is 1. The summed E-state index contributed by atoms with van der Waals surface area (Å²) in [7, 11) is 0. The Balaban J connectivity index is 1.18. The van der Waals surface area contributed by atoms with Crippen molar-refractivity contribution in [2.24, 2.45) is 0 Å². The van der Waals surface area contributed by atoms with Crippen molar-refractivity contribution < 1.29 is 4.74 Å². The Hall–Kier alpha value is -2.46. The highest BCUT2D eigenvalue weighted by molar-refractivity contribution is 5.83. The van der Waals surface area contributed by atoms with Gasteiger partial charge in [-0.15, -0.1) is 0 Å². The largest absolute Gasteiger partial charge is 0.491 e. The number of nitrogens with one attached hydrogen (secondary N) is 1. The third-order valence-corrected chi connectivity index (χ3v) is 4.81. The lowest BCUT2D eigenvalue weighted by molar-refractivity contribution is 0.307. The van der Waals surface area contributed by atoms with Crippen LogP contribution in [0, 0.1) is 0 Å². The molecule has 4 heteroatoms. The summed E-state index contributed by atoms with van der Waals surface area (Å²) in [6, 6.07) is 15.3. The maximum atomic E-state index is 5.92. The molecule has 0 fully saturated rings. The number of unbranched alkanes of at least 4 members (excludes halogenated alkanes) is 1. The van der Waals surface area contributed by atoms with Gasteiger partial charge >= 0.3 is 0 Å². The normalized spacial score (nSPS) is 13.9. The monoisotopic (exact) mass is 333 g/mol. The van der Waals surface area contributed by atoms with Gasteiger partial charge in [0.05, 0.1) is 6.61 Å². The molecular weight excluding hydrogens is 310 g/mol. The molecule has 1 N–H and O–H groups in total. The molecule has 0 atom stereocenters. The zero-order valence-corrected chi connectivity index (χ0v) is 14.3. The maximum absolute atomic E-state index is 5.92. The fourth-order valence-electron chi connectivity index (χ4n) is 3.52. The summed E-state index contributed by atoms with van der Waals surface area (Å²) in [6.07, 6.45) is 7.85. The highest BCUT2D eigenvalue weighted by Crippen LogP contribution is 2.23. The van der Waals surface area contributed by atoms with E-state index in [2.05, 4.69) is 39.6 Å². The van der Waals surface area contributed by atoms with Crippen LogP contribution >= 0.6 is 0 Å². The molecule has 0 bridgehead atoms. The molecule has 25 heavy (non-hydrogen) atoms. The third kappa shape index (κ3) is 3.80. The highest BCUT2D eigenvalue weighted by atomic mass is 16.5. The van der Waals surface area contributed by atoms with Crippen LogP contribution in [0.15, 0.2) is 55.0 Å². The number of benzene rings is 2. The van der Waals surface area contributed by atoms with Gasteiger partial charge in [-0.2, -0.15) is 0 Å². The van der Waals surface area contributed by atoms with E-state index in [1.54, 1.807) is 6.33 Å². The van der Waals surface area contributed by atoms with Crippen LogP contribution in [0.25, 0.3) is 10.9 Å². The number of ether oxygens (including phenoxy) is 1. The highest BCUT2D eigenvalue weighted by Gasteiger charge is 2.19. The molecule has 0 unspecified atom stereocenters. The lowest BCUT2D eigenvalue weighted by Crippen LogP contribution is -2.30. The van der Waals surface area contributed by atoms with Crippen LogP contribution in [0.1, 0.15) is 24.0 Å². The standard InChI is InChI=1S/C21H23N3O/c1-2-7-17-13-19(12-16(17)6-1)23-10-3-4-11-25-20-9-5-8-18-14-22-15-24-21(18)20/h1-2,5-9,14-15,19,23H,3-4,10-13H2. The summed E-state index contributed by atoms with van der Waals surface area (Å²) in [4.78, 5) is 8.37. The second-order valence-corrected chi connectivity index (χ2v) is 6.60. The van der Waals surface area contributed by atoms with Gasteiger partial charge in [-0.25, -0.2) is 9.97 Å². The van der Waals surface area contributed by atoms with Crippen molar-refractivity contribution in [3.8, 4) is 5.75 Å². The Kier molecular flexibility index (Phi) is 4.89. The fourth-order valence-corrected chi connectivity index (χ4v) is 3.52. The van der Waals surface area contributed by atoms with E-state index in [9.17, 15) is 0 Å².